The maximum Gasteiger partial charge on any atom is 0.224 e. The number of halogens is 3. The van der Waals surface area contributed by atoms with Crippen molar-refractivity contribution in [2.75, 3.05) is 0 Å². The van der Waals surface area contributed by atoms with Crippen LogP contribution in [0.2, 0.25) is 0 Å². The van der Waals surface area contributed by atoms with Crippen molar-refractivity contribution in [3.05, 3.63) is 48.2 Å². The lowest BCUT2D eigenvalue weighted by Crippen LogP contribution is -1.94. The predicted octanol–water partition coefficient (Wildman–Crippen LogP) is 2.56. The molecular formula is C10H5F3N2. The maximum absolute atomic E-state index is 13.2. The number of hydrogen-bond donors (Lipinski definition) is 0. The van der Waals surface area contributed by atoms with Crippen molar-refractivity contribution in [2.45, 2.75) is 0 Å². The van der Waals surface area contributed by atoms with Crippen LogP contribution in [0.15, 0.2) is 30.5 Å². The van der Waals surface area contributed by atoms with Gasteiger partial charge in [-0.15, -0.1) is 0 Å². The summed E-state index contributed by atoms with van der Waals surface area (Å²) in [5.74, 6) is -2.47. The van der Waals surface area contributed by atoms with Crippen LogP contribution in [0.25, 0.3) is 11.3 Å². The minimum absolute atomic E-state index is 0.0316. The van der Waals surface area contributed by atoms with Gasteiger partial charge in [0.2, 0.25) is 11.9 Å². The van der Waals surface area contributed by atoms with E-state index >= 15 is 0 Å². The van der Waals surface area contributed by atoms with E-state index in [1.807, 2.05) is 0 Å². The molecule has 0 atom stereocenters. The summed E-state index contributed by atoms with van der Waals surface area (Å²) in [6.45, 7) is 0. The Labute approximate surface area is 83.4 Å². The monoisotopic (exact) mass is 210 g/mol. The molecule has 0 aliphatic rings. The molecule has 0 N–H and O–H groups in total. The maximum atomic E-state index is 13.2. The first-order valence-corrected chi connectivity index (χ1v) is 4.11. The molecule has 0 aliphatic heterocycles. The van der Waals surface area contributed by atoms with Crippen LogP contribution in [0.4, 0.5) is 13.2 Å². The van der Waals surface area contributed by atoms with Gasteiger partial charge in [-0.2, -0.15) is 13.8 Å². The minimum atomic E-state index is -1.01. The smallest absolute Gasteiger partial charge is 0.224 e. The van der Waals surface area contributed by atoms with Gasteiger partial charge in [0.05, 0.1) is 11.3 Å². The lowest BCUT2D eigenvalue weighted by Gasteiger charge is -2.01. The predicted molar refractivity (Wildman–Crippen MR) is 47.3 cm³/mol. The highest BCUT2D eigenvalue weighted by atomic mass is 19.1. The third-order valence-electron chi connectivity index (χ3n) is 1.81. The van der Waals surface area contributed by atoms with Gasteiger partial charge >= 0.3 is 0 Å². The fraction of sp³-hybridized carbons (Fsp3) is 0. The molecule has 0 bridgehead atoms. The van der Waals surface area contributed by atoms with Crippen LogP contribution in [0.1, 0.15) is 0 Å². The molecule has 0 spiro atoms. The van der Waals surface area contributed by atoms with E-state index in [0.717, 1.165) is 18.2 Å². The lowest BCUT2D eigenvalue weighted by molar-refractivity contribution is 0.515. The molecule has 2 heterocycles. The summed E-state index contributed by atoms with van der Waals surface area (Å²) in [7, 11) is 0. The lowest BCUT2D eigenvalue weighted by atomic mass is 10.2. The second-order valence-electron chi connectivity index (χ2n) is 2.83. The average Bonchev–Trinajstić information content (AvgIpc) is 2.17. The Hall–Kier alpha value is -1.91. The summed E-state index contributed by atoms with van der Waals surface area (Å²) in [4.78, 5) is 6.74. The first-order valence-electron chi connectivity index (χ1n) is 4.11. The fourth-order valence-corrected chi connectivity index (χ4v) is 1.16. The van der Waals surface area contributed by atoms with E-state index in [2.05, 4.69) is 9.97 Å². The summed E-state index contributed by atoms with van der Waals surface area (Å²) < 4.78 is 38.5. The molecule has 0 aliphatic carbocycles. The van der Waals surface area contributed by atoms with Crippen LogP contribution in [0, 0.1) is 17.7 Å². The Morgan fingerprint density at radius 3 is 2.47 bits per heavy atom. The highest BCUT2D eigenvalue weighted by Crippen LogP contribution is 2.19. The number of rotatable bonds is 1. The van der Waals surface area contributed by atoms with E-state index in [0.29, 0.717) is 0 Å². The van der Waals surface area contributed by atoms with Crippen molar-refractivity contribution < 1.29 is 13.2 Å². The molecule has 2 rings (SSSR count). The molecule has 0 aromatic carbocycles. The summed E-state index contributed by atoms with van der Waals surface area (Å²) >= 11 is 0. The summed E-state index contributed by atoms with van der Waals surface area (Å²) in [5.41, 5.74) is 0.0518. The fourth-order valence-electron chi connectivity index (χ4n) is 1.16. The van der Waals surface area contributed by atoms with Crippen LogP contribution in [0.3, 0.4) is 0 Å². The molecule has 2 nitrogen and oxygen atoms in total. The van der Waals surface area contributed by atoms with E-state index < -0.39 is 17.7 Å². The van der Waals surface area contributed by atoms with Gasteiger partial charge in [-0.1, -0.05) is 0 Å². The zero-order valence-corrected chi connectivity index (χ0v) is 7.42. The van der Waals surface area contributed by atoms with E-state index in [9.17, 15) is 13.2 Å². The zero-order valence-electron chi connectivity index (χ0n) is 7.42. The molecule has 0 unspecified atom stereocenters. The largest absolute Gasteiger partial charge is 0.256 e. The van der Waals surface area contributed by atoms with Crippen molar-refractivity contribution in [3.63, 3.8) is 0 Å². The van der Waals surface area contributed by atoms with Crippen molar-refractivity contribution in [3.8, 4) is 11.3 Å². The van der Waals surface area contributed by atoms with Crippen molar-refractivity contribution in [1.29, 1.82) is 0 Å². The first-order chi connectivity index (χ1) is 7.16. The van der Waals surface area contributed by atoms with Crippen molar-refractivity contribution >= 4 is 0 Å². The molecule has 0 saturated heterocycles. The summed E-state index contributed by atoms with van der Waals surface area (Å²) in [6, 6.07) is 4.35. The highest BCUT2D eigenvalue weighted by Gasteiger charge is 2.09. The van der Waals surface area contributed by atoms with E-state index in [1.165, 1.54) is 12.3 Å². The Balaban J connectivity index is 2.54. The first kappa shape index (κ1) is 9.64. The molecular weight excluding hydrogens is 205 g/mol. The molecule has 2 aromatic rings. The third kappa shape index (κ3) is 1.96. The van der Waals surface area contributed by atoms with Gasteiger partial charge in [-0.05, 0) is 18.2 Å². The van der Waals surface area contributed by atoms with E-state index in [-0.39, 0.29) is 11.3 Å². The van der Waals surface area contributed by atoms with E-state index in [1.54, 1.807) is 0 Å². The molecule has 0 saturated carbocycles. The summed E-state index contributed by atoms with van der Waals surface area (Å²) in [5, 5.41) is 0. The molecule has 15 heavy (non-hydrogen) atoms. The molecule has 2 aromatic heterocycles. The van der Waals surface area contributed by atoms with Gasteiger partial charge in [0.15, 0.2) is 0 Å². The standard InChI is InChI=1S/C10H5F3N2/c11-6-3-4-14-8(5-6)7-1-2-9(12)15-10(7)13/h1-5H. The third-order valence-corrected chi connectivity index (χ3v) is 1.81. The zero-order chi connectivity index (χ0) is 10.8. The van der Waals surface area contributed by atoms with Crippen LogP contribution in [-0.2, 0) is 0 Å². The van der Waals surface area contributed by atoms with Gasteiger partial charge in [0, 0.05) is 12.3 Å². The highest BCUT2D eigenvalue weighted by molar-refractivity contribution is 5.58. The van der Waals surface area contributed by atoms with Crippen LogP contribution in [0.5, 0.6) is 0 Å². The van der Waals surface area contributed by atoms with Gasteiger partial charge < -0.3 is 0 Å². The van der Waals surface area contributed by atoms with Gasteiger partial charge in [-0.3, -0.25) is 4.98 Å². The van der Waals surface area contributed by atoms with Crippen molar-refractivity contribution in [2.24, 2.45) is 0 Å². The Morgan fingerprint density at radius 2 is 1.80 bits per heavy atom. The Kier molecular flexibility index (Phi) is 2.37. The number of hydrogen-bond acceptors (Lipinski definition) is 2. The van der Waals surface area contributed by atoms with Crippen LogP contribution >= 0.6 is 0 Å². The number of nitrogens with zero attached hydrogens (tertiary/aromatic N) is 2. The Morgan fingerprint density at radius 1 is 1.00 bits per heavy atom. The van der Waals surface area contributed by atoms with Crippen molar-refractivity contribution in [1.82, 2.24) is 9.97 Å². The quantitative estimate of drug-likeness (QED) is 0.676. The minimum Gasteiger partial charge on any atom is -0.256 e. The molecule has 5 heteroatoms. The number of pyridine rings is 2. The molecule has 0 amide bonds. The van der Waals surface area contributed by atoms with Crippen LogP contribution in [-0.4, -0.2) is 9.97 Å². The van der Waals surface area contributed by atoms with Gasteiger partial charge in [-0.25, -0.2) is 4.39 Å². The molecule has 76 valence electrons. The second-order valence-corrected chi connectivity index (χ2v) is 2.83. The SMILES string of the molecule is Fc1ccnc(-c2ccc(F)nc2F)c1. The topological polar surface area (TPSA) is 25.8 Å². The van der Waals surface area contributed by atoms with E-state index in [4.69, 9.17) is 0 Å². The normalized spacial score (nSPS) is 10.3. The average molecular weight is 210 g/mol. The van der Waals surface area contributed by atoms with Crippen LogP contribution < -0.4 is 0 Å². The Bertz CT molecular complexity index is 500. The number of aromatic nitrogens is 2. The molecule has 0 radical (unpaired) electrons. The summed E-state index contributed by atoms with van der Waals surface area (Å²) in [6.07, 6.45) is 1.20. The van der Waals surface area contributed by atoms with Gasteiger partial charge in [0.25, 0.3) is 0 Å². The van der Waals surface area contributed by atoms with Gasteiger partial charge in [0.1, 0.15) is 5.82 Å². The molecule has 0 fully saturated rings. The second kappa shape index (κ2) is 3.68.